The number of hydrogen-bond acceptors (Lipinski definition) is 7. The molecule has 0 saturated heterocycles. The Balaban J connectivity index is 1.56. The maximum absolute atomic E-state index is 8.70. The Morgan fingerprint density at radius 3 is 2.72 bits per heavy atom. The molecule has 2 heterocycles. The molecule has 142 valence electrons. The summed E-state index contributed by atoms with van der Waals surface area (Å²) in [4.78, 5) is 13.1. The summed E-state index contributed by atoms with van der Waals surface area (Å²) >= 11 is 1.60. The third-order valence-electron chi connectivity index (χ3n) is 4.26. The van der Waals surface area contributed by atoms with Crippen molar-refractivity contribution in [2.75, 3.05) is 5.32 Å². The fraction of sp³-hybridized carbons (Fsp3) is 0.0909. The number of hydrogen-bond donors (Lipinski definition) is 1. The molecule has 0 aliphatic rings. The first-order chi connectivity index (χ1) is 14.1. The van der Waals surface area contributed by atoms with E-state index in [1.165, 1.54) is 6.08 Å². The summed E-state index contributed by atoms with van der Waals surface area (Å²) in [6.07, 6.45) is 4.89. The molecule has 29 heavy (non-hydrogen) atoms. The van der Waals surface area contributed by atoms with Crippen LogP contribution in [0.5, 0.6) is 11.6 Å². The molecule has 0 aliphatic heterocycles. The smallest absolute Gasteiger partial charge is 0.230 e. The zero-order chi connectivity index (χ0) is 20.2. The second-order valence-electron chi connectivity index (χ2n) is 6.43. The maximum atomic E-state index is 8.70. The Kier molecular flexibility index (Phi) is 5.18. The molecule has 0 saturated carbocycles. The maximum Gasteiger partial charge on any atom is 0.230 e. The molecule has 2 aromatic carbocycles. The van der Waals surface area contributed by atoms with Gasteiger partial charge in [0.05, 0.1) is 21.8 Å². The van der Waals surface area contributed by atoms with Crippen LogP contribution < -0.4 is 10.1 Å². The number of aryl methyl sites for hydroxylation is 2. The molecule has 4 aromatic rings. The van der Waals surface area contributed by atoms with Gasteiger partial charge in [-0.2, -0.15) is 10.2 Å². The summed E-state index contributed by atoms with van der Waals surface area (Å²) in [5.74, 6) is 1.64. The monoisotopic (exact) mass is 399 g/mol. The lowest BCUT2D eigenvalue weighted by atomic mass is 10.1. The number of aromatic nitrogens is 3. The van der Waals surface area contributed by atoms with Gasteiger partial charge < -0.3 is 10.1 Å². The van der Waals surface area contributed by atoms with Gasteiger partial charge in [-0.15, -0.1) is 11.3 Å². The molecule has 0 aliphatic carbocycles. The number of thiazole rings is 1. The van der Waals surface area contributed by atoms with E-state index in [-0.39, 0.29) is 0 Å². The van der Waals surface area contributed by atoms with Crippen LogP contribution in [-0.4, -0.2) is 15.0 Å². The van der Waals surface area contributed by atoms with Crippen LogP contribution >= 0.6 is 11.3 Å². The number of nitrogens with zero attached hydrogens (tertiary/aromatic N) is 4. The van der Waals surface area contributed by atoms with Crippen LogP contribution in [0.1, 0.15) is 16.7 Å². The van der Waals surface area contributed by atoms with Gasteiger partial charge in [0.15, 0.2) is 0 Å². The summed E-state index contributed by atoms with van der Waals surface area (Å²) in [5.41, 5.74) is 6.50. The zero-order valence-corrected chi connectivity index (χ0v) is 16.7. The molecular weight excluding hydrogens is 382 g/mol. The lowest BCUT2D eigenvalue weighted by molar-refractivity contribution is 0.455. The quantitative estimate of drug-likeness (QED) is 0.429. The summed E-state index contributed by atoms with van der Waals surface area (Å²) < 4.78 is 7.18. The van der Waals surface area contributed by atoms with Gasteiger partial charge in [-0.05, 0) is 66.9 Å². The van der Waals surface area contributed by atoms with Crippen LogP contribution in [0.4, 0.5) is 11.6 Å². The highest BCUT2D eigenvalue weighted by atomic mass is 32.1. The molecular formula is C22H17N5OS. The average Bonchev–Trinajstić information content (AvgIpc) is 3.17. The third kappa shape index (κ3) is 4.23. The van der Waals surface area contributed by atoms with Crippen molar-refractivity contribution < 1.29 is 4.74 Å². The molecule has 4 rings (SSSR count). The normalized spacial score (nSPS) is 10.9. The van der Waals surface area contributed by atoms with Crippen molar-refractivity contribution >= 4 is 39.3 Å². The molecule has 0 unspecified atom stereocenters. The number of nitriles is 1. The summed E-state index contributed by atoms with van der Waals surface area (Å²) in [6, 6.07) is 13.6. The van der Waals surface area contributed by atoms with Crippen molar-refractivity contribution in [2.45, 2.75) is 13.8 Å². The molecule has 0 bridgehead atoms. The van der Waals surface area contributed by atoms with Gasteiger partial charge in [0.1, 0.15) is 5.75 Å². The Morgan fingerprint density at radius 1 is 1.10 bits per heavy atom. The Morgan fingerprint density at radius 2 is 1.93 bits per heavy atom. The largest absolute Gasteiger partial charge is 0.438 e. The first-order valence-electron chi connectivity index (χ1n) is 8.91. The van der Waals surface area contributed by atoms with E-state index in [1.54, 1.807) is 29.7 Å². The molecule has 2 aromatic heterocycles. The molecule has 6 nitrogen and oxygen atoms in total. The lowest BCUT2D eigenvalue weighted by Gasteiger charge is -2.13. The number of anilines is 2. The van der Waals surface area contributed by atoms with E-state index < -0.39 is 0 Å². The second kappa shape index (κ2) is 8.09. The van der Waals surface area contributed by atoms with E-state index >= 15 is 0 Å². The molecule has 1 N–H and O–H groups in total. The average molecular weight is 399 g/mol. The van der Waals surface area contributed by atoms with Crippen molar-refractivity contribution in [1.82, 2.24) is 15.0 Å². The minimum absolute atomic E-state index is 0.445. The van der Waals surface area contributed by atoms with Gasteiger partial charge in [-0.1, -0.05) is 0 Å². The number of ether oxygens (including phenoxy) is 1. The fourth-order valence-electron chi connectivity index (χ4n) is 3.00. The highest BCUT2D eigenvalue weighted by molar-refractivity contribution is 7.16. The van der Waals surface area contributed by atoms with E-state index in [4.69, 9.17) is 10.00 Å². The number of nitrogens with one attached hydrogen (secondary N) is 1. The predicted molar refractivity (Wildman–Crippen MR) is 116 cm³/mol. The van der Waals surface area contributed by atoms with Gasteiger partial charge in [-0.3, -0.25) is 0 Å². The van der Waals surface area contributed by atoms with E-state index in [2.05, 4.69) is 20.3 Å². The van der Waals surface area contributed by atoms with Crippen LogP contribution in [0.25, 0.3) is 16.3 Å². The van der Waals surface area contributed by atoms with Crippen molar-refractivity contribution in [3.05, 3.63) is 70.9 Å². The molecule has 7 heteroatoms. The minimum atomic E-state index is 0.445. The van der Waals surface area contributed by atoms with Gasteiger partial charge in [0.25, 0.3) is 0 Å². The van der Waals surface area contributed by atoms with Crippen molar-refractivity contribution in [3.63, 3.8) is 0 Å². The van der Waals surface area contributed by atoms with E-state index in [0.717, 1.165) is 38.3 Å². The van der Waals surface area contributed by atoms with Crippen molar-refractivity contribution in [3.8, 4) is 17.7 Å². The highest BCUT2D eigenvalue weighted by Gasteiger charge is 2.09. The van der Waals surface area contributed by atoms with Crippen molar-refractivity contribution in [1.29, 1.82) is 5.26 Å². The van der Waals surface area contributed by atoms with Gasteiger partial charge in [0.2, 0.25) is 11.8 Å². The molecule has 0 spiro atoms. The van der Waals surface area contributed by atoms with E-state index in [0.29, 0.717) is 11.8 Å². The van der Waals surface area contributed by atoms with Gasteiger partial charge in [0, 0.05) is 24.0 Å². The van der Waals surface area contributed by atoms with E-state index in [9.17, 15) is 0 Å². The summed E-state index contributed by atoms with van der Waals surface area (Å²) in [5, 5.41) is 11.9. The van der Waals surface area contributed by atoms with Crippen LogP contribution in [0.3, 0.4) is 0 Å². The second-order valence-corrected chi connectivity index (χ2v) is 7.31. The SMILES string of the molecule is Cc1cc(/C=C/C#N)cc(C)c1Oc1ccnc(Nc2ccc3scnc3c2)n1. The van der Waals surface area contributed by atoms with Crippen LogP contribution in [0.2, 0.25) is 0 Å². The third-order valence-corrected chi connectivity index (χ3v) is 5.07. The van der Waals surface area contributed by atoms with Gasteiger partial charge >= 0.3 is 0 Å². The Bertz CT molecular complexity index is 1230. The Hall–Kier alpha value is -3.76. The fourth-order valence-corrected chi connectivity index (χ4v) is 3.66. The highest BCUT2D eigenvalue weighted by Crippen LogP contribution is 2.30. The zero-order valence-electron chi connectivity index (χ0n) is 15.9. The van der Waals surface area contributed by atoms with E-state index in [1.807, 2.05) is 55.8 Å². The number of allylic oxidation sites excluding steroid dienone is 1. The lowest BCUT2D eigenvalue weighted by Crippen LogP contribution is -1.99. The Labute approximate surface area is 172 Å². The van der Waals surface area contributed by atoms with Crippen molar-refractivity contribution in [2.24, 2.45) is 0 Å². The van der Waals surface area contributed by atoms with Crippen LogP contribution in [-0.2, 0) is 0 Å². The minimum Gasteiger partial charge on any atom is -0.438 e. The molecule has 0 fully saturated rings. The molecule has 0 amide bonds. The predicted octanol–water partition coefficient (Wildman–Crippen LogP) is 5.78. The summed E-state index contributed by atoms with van der Waals surface area (Å²) in [7, 11) is 0. The number of rotatable bonds is 5. The topological polar surface area (TPSA) is 83.7 Å². The van der Waals surface area contributed by atoms with Crippen LogP contribution in [0.15, 0.2) is 54.2 Å². The first-order valence-corrected chi connectivity index (χ1v) is 9.79. The number of benzene rings is 2. The standard InChI is InChI=1S/C22H17N5OS/c1-14-10-16(4-3-8-23)11-15(2)21(14)28-20-7-9-24-22(27-20)26-17-5-6-19-18(12-17)25-13-29-19/h3-7,9-13H,1-2H3,(H,24,26,27)/b4-3+. The molecule has 0 radical (unpaired) electrons. The first kappa shape index (κ1) is 18.6. The summed E-state index contributed by atoms with van der Waals surface area (Å²) in [6.45, 7) is 3.94. The number of fused-ring (bicyclic) bond motifs is 1. The molecule has 0 atom stereocenters. The van der Waals surface area contributed by atoms with Crippen LogP contribution in [0, 0.1) is 25.2 Å². The van der Waals surface area contributed by atoms with Gasteiger partial charge in [-0.25, -0.2) is 9.97 Å².